The Bertz CT molecular complexity index is 2760. The number of rotatable bonds is 4. The molecule has 1 aliphatic rings. The van der Waals surface area contributed by atoms with Crippen LogP contribution in [0, 0.1) is 0 Å². The first-order valence-electron chi connectivity index (χ1n) is 17.0. The summed E-state index contributed by atoms with van der Waals surface area (Å²) in [6, 6.07) is 59.5. The summed E-state index contributed by atoms with van der Waals surface area (Å²) in [5, 5.41) is 7.22. The van der Waals surface area contributed by atoms with Gasteiger partial charge in [0, 0.05) is 39.3 Å². The van der Waals surface area contributed by atoms with Gasteiger partial charge < -0.3 is 9.32 Å². The highest BCUT2D eigenvalue weighted by molar-refractivity contribution is 6.19. The van der Waals surface area contributed by atoms with E-state index in [1.807, 2.05) is 0 Å². The topological polar surface area (TPSA) is 16.4 Å². The van der Waals surface area contributed by atoms with Crippen LogP contribution in [0.5, 0.6) is 0 Å². The highest BCUT2D eigenvalue weighted by Gasteiger charge is 2.35. The molecule has 0 N–H and O–H groups in total. The van der Waals surface area contributed by atoms with Gasteiger partial charge in [-0.25, -0.2) is 0 Å². The number of anilines is 3. The van der Waals surface area contributed by atoms with Crippen molar-refractivity contribution in [3.63, 3.8) is 0 Å². The predicted octanol–water partition coefficient (Wildman–Crippen LogP) is 13.3. The zero-order valence-corrected chi connectivity index (χ0v) is 27.4. The summed E-state index contributed by atoms with van der Waals surface area (Å²) in [7, 11) is 0. The molecule has 1 heterocycles. The van der Waals surface area contributed by atoms with E-state index in [9.17, 15) is 0 Å². The molecule has 8 aromatic carbocycles. The van der Waals surface area contributed by atoms with Crippen LogP contribution in [0.2, 0.25) is 0 Å². The molecular formula is C47H33NO. The average Bonchev–Trinajstić information content (AvgIpc) is 3.63. The number of nitrogens with zero attached hydrogens (tertiary/aromatic N) is 1. The minimum absolute atomic E-state index is 0.109. The highest BCUT2D eigenvalue weighted by Crippen LogP contribution is 2.51. The molecule has 1 aromatic heterocycles. The second-order valence-electron chi connectivity index (χ2n) is 13.8. The van der Waals surface area contributed by atoms with Gasteiger partial charge in [-0.2, -0.15) is 0 Å². The highest BCUT2D eigenvalue weighted by atomic mass is 16.3. The van der Waals surface area contributed by atoms with Crippen molar-refractivity contribution in [1.82, 2.24) is 0 Å². The minimum Gasteiger partial charge on any atom is -0.456 e. The summed E-state index contributed by atoms with van der Waals surface area (Å²) >= 11 is 0. The van der Waals surface area contributed by atoms with Crippen molar-refractivity contribution in [3.8, 4) is 22.3 Å². The van der Waals surface area contributed by atoms with Crippen molar-refractivity contribution in [1.29, 1.82) is 0 Å². The van der Waals surface area contributed by atoms with Crippen LogP contribution in [0.3, 0.4) is 0 Å². The van der Waals surface area contributed by atoms with Gasteiger partial charge in [0.15, 0.2) is 0 Å². The van der Waals surface area contributed by atoms with Gasteiger partial charge in [-0.1, -0.05) is 129 Å². The zero-order chi connectivity index (χ0) is 32.7. The van der Waals surface area contributed by atoms with Gasteiger partial charge in [-0.05, 0) is 97.4 Å². The molecule has 2 nitrogen and oxygen atoms in total. The van der Waals surface area contributed by atoms with Gasteiger partial charge in [0.1, 0.15) is 11.2 Å². The molecule has 0 unspecified atom stereocenters. The summed E-state index contributed by atoms with van der Waals surface area (Å²) in [6.45, 7) is 4.69. The second-order valence-corrected chi connectivity index (χ2v) is 13.8. The first kappa shape index (κ1) is 27.9. The molecule has 9 aromatic rings. The van der Waals surface area contributed by atoms with Crippen LogP contribution in [0.1, 0.15) is 25.0 Å². The van der Waals surface area contributed by atoms with E-state index >= 15 is 0 Å². The van der Waals surface area contributed by atoms with Crippen molar-refractivity contribution in [2.24, 2.45) is 0 Å². The summed E-state index contributed by atoms with van der Waals surface area (Å²) in [5.74, 6) is 0. The van der Waals surface area contributed by atoms with Gasteiger partial charge >= 0.3 is 0 Å². The Labute approximate surface area is 285 Å². The second kappa shape index (κ2) is 10.4. The lowest BCUT2D eigenvalue weighted by Crippen LogP contribution is -2.16. The lowest BCUT2D eigenvalue weighted by Gasteiger charge is -2.28. The number of hydrogen-bond donors (Lipinski definition) is 0. The molecule has 1 aliphatic carbocycles. The smallest absolute Gasteiger partial charge is 0.137 e. The molecule has 0 fully saturated rings. The molecule has 0 radical (unpaired) electrons. The summed E-state index contributed by atoms with van der Waals surface area (Å²) in [6.07, 6.45) is 0. The SMILES string of the molecule is CC1(C)c2ccccc2-c2ccc(N(c3cccc(-c4cccc5ccccc45)c3)c3ccc4c(c3)oc3ccc5ccccc5c34)cc21. The van der Waals surface area contributed by atoms with E-state index in [4.69, 9.17) is 4.42 Å². The molecule has 2 heteroatoms. The lowest BCUT2D eigenvalue weighted by molar-refractivity contribution is 0.660. The number of fused-ring (bicyclic) bond motifs is 9. The summed E-state index contributed by atoms with van der Waals surface area (Å²) in [5.41, 5.74) is 12.7. The summed E-state index contributed by atoms with van der Waals surface area (Å²) in [4.78, 5) is 2.39. The summed E-state index contributed by atoms with van der Waals surface area (Å²) < 4.78 is 6.59. The van der Waals surface area contributed by atoms with Gasteiger partial charge in [-0.3, -0.25) is 0 Å². The predicted molar refractivity (Wildman–Crippen MR) is 206 cm³/mol. The Balaban J connectivity index is 1.19. The van der Waals surface area contributed by atoms with Gasteiger partial charge in [0.05, 0.1) is 0 Å². The Morgan fingerprint density at radius 2 is 1.08 bits per heavy atom. The molecule has 0 amide bonds. The van der Waals surface area contributed by atoms with Crippen LogP contribution in [0.15, 0.2) is 168 Å². The van der Waals surface area contributed by atoms with Crippen molar-refractivity contribution >= 4 is 60.5 Å². The maximum atomic E-state index is 6.59. The van der Waals surface area contributed by atoms with Gasteiger partial charge in [0.2, 0.25) is 0 Å². The molecular weight excluding hydrogens is 595 g/mol. The van der Waals surface area contributed by atoms with E-state index in [-0.39, 0.29) is 5.41 Å². The van der Waals surface area contributed by atoms with Crippen LogP contribution in [0.4, 0.5) is 17.1 Å². The fourth-order valence-corrected chi connectivity index (χ4v) is 8.24. The molecule has 232 valence electrons. The zero-order valence-electron chi connectivity index (χ0n) is 27.4. The number of benzene rings is 8. The largest absolute Gasteiger partial charge is 0.456 e. The Kier molecular flexibility index (Phi) is 5.95. The molecule has 0 bridgehead atoms. The van der Waals surface area contributed by atoms with Crippen molar-refractivity contribution in [2.75, 3.05) is 4.90 Å². The quantitative estimate of drug-likeness (QED) is 0.193. The molecule has 0 aliphatic heterocycles. The van der Waals surface area contributed by atoms with E-state index in [0.29, 0.717) is 0 Å². The molecule has 49 heavy (non-hydrogen) atoms. The van der Waals surface area contributed by atoms with E-state index in [1.165, 1.54) is 60.3 Å². The molecule has 0 saturated heterocycles. The third-order valence-corrected chi connectivity index (χ3v) is 10.6. The Morgan fingerprint density at radius 1 is 0.429 bits per heavy atom. The molecule has 0 spiro atoms. The standard InChI is InChI=1S/C47H33NO/c1-47(2)42-20-8-7-18-39(42)40-24-22-34(28-43(40)47)48(33-15-9-14-32(27-33)37-19-10-13-30-11-3-5-16-36(30)37)35-23-25-41-45(29-35)49-44-26-21-31-12-4-6-17-38(31)46(41)44/h3-29H,1-2H3. The van der Waals surface area contributed by atoms with E-state index in [1.54, 1.807) is 0 Å². The number of furan rings is 1. The van der Waals surface area contributed by atoms with Crippen molar-refractivity contribution in [3.05, 3.63) is 175 Å². The van der Waals surface area contributed by atoms with E-state index < -0.39 is 0 Å². The fraction of sp³-hybridized carbons (Fsp3) is 0.0638. The first-order valence-corrected chi connectivity index (χ1v) is 17.0. The van der Waals surface area contributed by atoms with Gasteiger partial charge in [0.25, 0.3) is 0 Å². The van der Waals surface area contributed by atoms with Crippen LogP contribution >= 0.6 is 0 Å². The minimum atomic E-state index is -0.109. The van der Waals surface area contributed by atoms with Crippen molar-refractivity contribution < 1.29 is 4.42 Å². The molecule has 0 saturated carbocycles. The monoisotopic (exact) mass is 627 g/mol. The lowest BCUT2D eigenvalue weighted by atomic mass is 9.82. The normalized spacial score (nSPS) is 13.3. The molecule has 0 atom stereocenters. The van der Waals surface area contributed by atoms with Crippen LogP contribution in [-0.2, 0) is 5.41 Å². The third kappa shape index (κ3) is 4.20. The first-order chi connectivity index (χ1) is 24.0. The maximum Gasteiger partial charge on any atom is 0.137 e. The van der Waals surface area contributed by atoms with Crippen molar-refractivity contribution in [2.45, 2.75) is 19.3 Å². The van der Waals surface area contributed by atoms with Crippen LogP contribution < -0.4 is 4.90 Å². The third-order valence-electron chi connectivity index (χ3n) is 10.6. The van der Waals surface area contributed by atoms with Crippen LogP contribution in [0.25, 0.3) is 65.7 Å². The van der Waals surface area contributed by atoms with Crippen LogP contribution in [-0.4, -0.2) is 0 Å². The van der Waals surface area contributed by atoms with E-state index in [0.717, 1.165) is 33.6 Å². The maximum absolute atomic E-state index is 6.59. The van der Waals surface area contributed by atoms with E-state index in [2.05, 4.69) is 183 Å². The Hall–Kier alpha value is -6.12. The van der Waals surface area contributed by atoms with Gasteiger partial charge in [-0.15, -0.1) is 0 Å². The fourth-order valence-electron chi connectivity index (χ4n) is 8.24. The molecule has 10 rings (SSSR count). The number of hydrogen-bond acceptors (Lipinski definition) is 2. The average molecular weight is 628 g/mol. The Morgan fingerprint density at radius 3 is 1.98 bits per heavy atom.